The molecule has 0 spiro atoms. The summed E-state index contributed by atoms with van der Waals surface area (Å²) in [7, 11) is 1.82. The summed E-state index contributed by atoms with van der Waals surface area (Å²) in [5.74, 6) is 0.626. The molecule has 0 atom stereocenters. The Hall–Kier alpha value is -3.48. The number of aromatic nitrogens is 5. The molecular weight excluding hydrogens is 340 g/mol. The molecule has 0 radical (unpaired) electrons. The first-order valence-corrected chi connectivity index (χ1v) is 8.75. The summed E-state index contributed by atoms with van der Waals surface area (Å²) in [6.07, 6.45) is 4.73. The second-order valence-corrected chi connectivity index (χ2v) is 6.50. The van der Waals surface area contributed by atoms with E-state index in [2.05, 4.69) is 44.9 Å². The average molecular weight is 360 g/mol. The summed E-state index contributed by atoms with van der Waals surface area (Å²) in [6.45, 7) is 3.45. The van der Waals surface area contributed by atoms with E-state index in [-0.39, 0.29) is 5.91 Å². The Labute approximate surface area is 156 Å². The third kappa shape index (κ3) is 3.31. The standard InChI is InChI=1S/C20H20N6O/c1-15-11-16-5-3-4-6-18(16)26(15)10-9-24(2)20(27)17-7-8-19(21-12-17)25-13-22-23-14-25/h3-8,11-14H,9-10H2,1-2H3. The lowest BCUT2D eigenvalue weighted by atomic mass is 10.2. The number of likely N-dealkylation sites (N-methyl/N-ethyl adjacent to an activating group) is 1. The van der Waals surface area contributed by atoms with Crippen molar-refractivity contribution in [2.45, 2.75) is 13.5 Å². The fourth-order valence-electron chi connectivity index (χ4n) is 3.20. The number of carbonyl (C=O) groups excluding carboxylic acids is 1. The zero-order valence-electron chi connectivity index (χ0n) is 15.3. The van der Waals surface area contributed by atoms with Crippen molar-refractivity contribution in [1.29, 1.82) is 0 Å². The number of hydrogen-bond acceptors (Lipinski definition) is 4. The first kappa shape index (κ1) is 17.0. The maximum Gasteiger partial charge on any atom is 0.255 e. The average Bonchev–Trinajstić information content (AvgIpc) is 3.33. The van der Waals surface area contributed by atoms with Crippen molar-refractivity contribution in [2.75, 3.05) is 13.6 Å². The molecule has 4 rings (SSSR count). The Bertz CT molecular complexity index is 1070. The van der Waals surface area contributed by atoms with Crippen molar-refractivity contribution in [1.82, 2.24) is 29.2 Å². The molecule has 0 bridgehead atoms. The van der Waals surface area contributed by atoms with Gasteiger partial charge in [-0.05, 0) is 36.6 Å². The van der Waals surface area contributed by atoms with Gasteiger partial charge in [-0.25, -0.2) is 4.98 Å². The number of nitrogens with zero attached hydrogens (tertiary/aromatic N) is 6. The van der Waals surface area contributed by atoms with Crippen molar-refractivity contribution in [3.63, 3.8) is 0 Å². The Morgan fingerprint density at radius 2 is 1.89 bits per heavy atom. The van der Waals surface area contributed by atoms with Gasteiger partial charge in [0.05, 0.1) is 5.56 Å². The minimum atomic E-state index is -0.0491. The number of pyridine rings is 1. The minimum Gasteiger partial charge on any atom is -0.343 e. The number of amides is 1. The van der Waals surface area contributed by atoms with E-state index in [1.807, 2.05) is 19.2 Å². The normalized spacial score (nSPS) is 11.0. The largest absolute Gasteiger partial charge is 0.343 e. The number of carbonyl (C=O) groups is 1. The first-order chi connectivity index (χ1) is 13.1. The van der Waals surface area contributed by atoms with Gasteiger partial charge in [0, 0.05) is 37.5 Å². The molecule has 4 aromatic rings. The maximum atomic E-state index is 12.7. The minimum absolute atomic E-state index is 0.0491. The van der Waals surface area contributed by atoms with E-state index in [0.29, 0.717) is 17.9 Å². The van der Waals surface area contributed by atoms with Crippen molar-refractivity contribution < 1.29 is 4.79 Å². The lowest BCUT2D eigenvalue weighted by molar-refractivity contribution is 0.0790. The van der Waals surface area contributed by atoms with Gasteiger partial charge >= 0.3 is 0 Å². The van der Waals surface area contributed by atoms with Crippen molar-refractivity contribution in [3.8, 4) is 5.82 Å². The van der Waals surface area contributed by atoms with Crippen LogP contribution in [0, 0.1) is 6.92 Å². The van der Waals surface area contributed by atoms with Gasteiger partial charge in [-0.15, -0.1) is 10.2 Å². The Morgan fingerprint density at radius 3 is 2.63 bits per heavy atom. The lowest BCUT2D eigenvalue weighted by Crippen LogP contribution is -2.30. The molecule has 0 unspecified atom stereocenters. The third-order valence-electron chi connectivity index (χ3n) is 4.70. The number of hydrogen-bond donors (Lipinski definition) is 0. The van der Waals surface area contributed by atoms with E-state index < -0.39 is 0 Å². The SMILES string of the molecule is Cc1cc2ccccc2n1CCN(C)C(=O)c1ccc(-n2cnnc2)nc1. The molecule has 0 N–H and O–H groups in total. The van der Waals surface area contributed by atoms with Crippen LogP contribution in [0.3, 0.4) is 0 Å². The molecule has 0 saturated carbocycles. The zero-order valence-corrected chi connectivity index (χ0v) is 15.3. The molecule has 0 aliphatic carbocycles. The van der Waals surface area contributed by atoms with Gasteiger partial charge in [0.15, 0.2) is 0 Å². The second-order valence-electron chi connectivity index (χ2n) is 6.50. The summed E-state index contributed by atoms with van der Waals surface area (Å²) >= 11 is 0. The summed E-state index contributed by atoms with van der Waals surface area (Å²) in [5, 5.41) is 8.73. The van der Waals surface area contributed by atoms with Crippen LogP contribution in [0.2, 0.25) is 0 Å². The van der Waals surface area contributed by atoms with E-state index in [1.165, 1.54) is 16.6 Å². The van der Waals surface area contributed by atoms with Crippen molar-refractivity contribution >= 4 is 16.8 Å². The molecule has 0 saturated heterocycles. The molecule has 7 nitrogen and oxygen atoms in total. The first-order valence-electron chi connectivity index (χ1n) is 8.75. The maximum absolute atomic E-state index is 12.7. The fourth-order valence-corrected chi connectivity index (χ4v) is 3.20. The quantitative estimate of drug-likeness (QED) is 0.549. The van der Waals surface area contributed by atoms with Crippen molar-refractivity contribution in [3.05, 3.63) is 72.6 Å². The predicted octanol–water partition coefficient (Wildman–Crippen LogP) is 2.70. The molecule has 1 aromatic carbocycles. The number of benzene rings is 1. The second kappa shape index (κ2) is 7.03. The number of para-hydroxylation sites is 1. The summed E-state index contributed by atoms with van der Waals surface area (Å²) in [6, 6.07) is 14.0. The van der Waals surface area contributed by atoms with E-state index in [0.717, 1.165) is 6.54 Å². The highest BCUT2D eigenvalue weighted by molar-refractivity contribution is 5.93. The van der Waals surface area contributed by atoms with Crippen molar-refractivity contribution in [2.24, 2.45) is 0 Å². The predicted molar refractivity (Wildman–Crippen MR) is 103 cm³/mol. The summed E-state index contributed by atoms with van der Waals surface area (Å²) in [5.41, 5.74) is 2.94. The number of fused-ring (bicyclic) bond motifs is 1. The van der Waals surface area contributed by atoms with Crippen LogP contribution in [0.25, 0.3) is 16.7 Å². The van der Waals surface area contributed by atoms with E-state index in [4.69, 9.17) is 0 Å². The smallest absolute Gasteiger partial charge is 0.255 e. The molecule has 7 heteroatoms. The van der Waals surface area contributed by atoms with Crippen LogP contribution in [-0.4, -0.2) is 48.7 Å². The van der Waals surface area contributed by atoms with Gasteiger partial charge in [0.25, 0.3) is 5.91 Å². The van der Waals surface area contributed by atoms with Crippen LogP contribution in [0.5, 0.6) is 0 Å². The number of aryl methyl sites for hydroxylation is 1. The van der Waals surface area contributed by atoms with Gasteiger partial charge in [-0.2, -0.15) is 0 Å². The lowest BCUT2D eigenvalue weighted by Gasteiger charge is -2.19. The van der Waals surface area contributed by atoms with Gasteiger partial charge < -0.3 is 9.47 Å². The van der Waals surface area contributed by atoms with Gasteiger partial charge in [-0.3, -0.25) is 9.36 Å². The van der Waals surface area contributed by atoms with Crippen LogP contribution < -0.4 is 0 Å². The highest BCUT2D eigenvalue weighted by Crippen LogP contribution is 2.19. The molecule has 3 aromatic heterocycles. The third-order valence-corrected chi connectivity index (χ3v) is 4.70. The molecule has 0 aliphatic rings. The zero-order chi connectivity index (χ0) is 18.8. The molecule has 0 aliphatic heterocycles. The molecule has 0 fully saturated rings. The van der Waals surface area contributed by atoms with Gasteiger partial charge in [-0.1, -0.05) is 18.2 Å². The van der Waals surface area contributed by atoms with E-state index in [9.17, 15) is 4.79 Å². The van der Waals surface area contributed by atoms with E-state index in [1.54, 1.807) is 40.5 Å². The Balaban J connectivity index is 1.45. The highest BCUT2D eigenvalue weighted by Gasteiger charge is 2.13. The Morgan fingerprint density at radius 1 is 1.11 bits per heavy atom. The molecule has 3 heterocycles. The monoisotopic (exact) mass is 360 g/mol. The summed E-state index contributed by atoms with van der Waals surface area (Å²) < 4.78 is 3.93. The van der Waals surface area contributed by atoms with Gasteiger partial charge in [0.2, 0.25) is 0 Å². The molecule has 27 heavy (non-hydrogen) atoms. The molecular formula is C20H20N6O. The van der Waals surface area contributed by atoms with Gasteiger partial charge in [0.1, 0.15) is 18.5 Å². The van der Waals surface area contributed by atoms with Crippen LogP contribution >= 0.6 is 0 Å². The highest BCUT2D eigenvalue weighted by atomic mass is 16.2. The van der Waals surface area contributed by atoms with Crippen LogP contribution in [-0.2, 0) is 6.54 Å². The van der Waals surface area contributed by atoms with E-state index >= 15 is 0 Å². The Kier molecular flexibility index (Phi) is 4.42. The van der Waals surface area contributed by atoms with Crippen LogP contribution in [0.1, 0.15) is 16.1 Å². The van der Waals surface area contributed by atoms with Crippen LogP contribution in [0.15, 0.2) is 61.3 Å². The summed E-state index contributed by atoms with van der Waals surface area (Å²) in [4.78, 5) is 18.7. The van der Waals surface area contributed by atoms with Crippen LogP contribution in [0.4, 0.5) is 0 Å². The molecule has 136 valence electrons. The molecule has 1 amide bonds. The fraction of sp³-hybridized carbons (Fsp3) is 0.200. The number of rotatable bonds is 5. The topological polar surface area (TPSA) is 68.8 Å².